The van der Waals surface area contributed by atoms with Gasteiger partial charge in [-0.25, -0.2) is 0 Å². The Morgan fingerprint density at radius 1 is 0.500 bits per heavy atom. The highest BCUT2D eigenvalue weighted by Crippen LogP contribution is 2.24. The van der Waals surface area contributed by atoms with Crippen LogP contribution in [-0.2, 0) is 18.9 Å². The molecular formula is C31H36O5. The van der Waals surface area contributed by atoms with Crippen molar-refractivity contribution in [3.05, 3.63) is 101 Å². The van der Waals surface area contributed by atoms with E-state index in [1.54, 1.807) is 7.11 Å². The second kappa shape index (κ2) is 17.2. The van der Waals surface area contributed by atoms with Crippen LogP contribution in [0, 0.1) is 0 Å². The zero-order chi connectivity index (χ0) is 25.1. The number of benzene rings is 3. The molecule has 0 saturated heterocycles. The summed E-state index contributed by atoms with van der Waals surface area (Å²) in [5.74, 6) is 0.824. The van der Waals surface area contributed by atoms with Crippen LogP contribution in [0.5, 0.6) is 5.75 Å². The average Bonchev–Trinajstić information content (AvgIpc) is 2.93. The van der Waals surface area contributed by atoms with Gasteiger partial charge < -0.3 is 23.7 Å². The molecule has 190 valence electrons. The van der Waals surface area contributed by atoms with Crippen molar-refractivity contribution in [2.45, 2.75) is 0 Å². The van der Waals surface area contributed by atoms with Crippen LogP contribution in [-0.4, -0.2) is 60.0 Å². The van der Waals surface area contributed by atoms with Gasteiger partial charge in [-0.2, -0.15) is 0 Å². The summed E-state index contributed by atoms with van der Waals surface area (Å²) in [6.45, 7) is 4.27. The van der Waals surface area contributed by atoms with Crippen molar-refractivity contribution in [3.8, 4) is 5.75 Å². The first-order valence-electron chi connectivity index (χ1n) is 12.3. The van der Waals surface area contributed by atoms with E-state index in [0.29, 0.717) is 52.9 Å². The van der Waals surface area contributed by atoms with E-state index >= 15 is 0 Å². The zero-order valence-corrected chi connectivity index (χ0v) is 21.0. The van der Waals surface area contributed by atoms with Gasteiger partial charge in [0.1, 0.15) is 12.4 Å². The van der Waals surface area contributed by atoms with Crippen LogP contribution in [0.1, 0.15) is 22.3 Å². The van der Waals surface area contributed by atoms with Crippen molar-refractivity contribution in [2.24, 2.45) is 0 Å². The fourth-order valence-corrected chi connectivity index (χ4v) is 3.32. The third-order valence-corrected chi connectivity index (χ3v) is 5.22. The third kappa shape index (κ3) is 11.0. The van der Waals surface area contributed by atoms with Gasteiger partial charge in [0.2, 0.25) is 0 Å². The highest BCUT2D eigenvalue weighted by molar-refractivity contribution is 5.76. The molecule has 0 heterocycles. The SMILES string of the molecule is COCCOCCOCCOCCOc1cc(/C=C/c2ccccc2)ccc1/C=C/c1ccccc1. The summed E-state index contributed by atoms with van der Waals surface area (Å²) >= 11 is 0. The molecule has 0 N–H and O–H groups in total. The smallest absolute Gasteiger partial charge is 0.127 e. The van der Waals surface area contributed by atoms with Crippen LogP contribution in [0.25, 0.3) is 24.3 Å². The Morgan fingerprint density at radius 3 is 1.58 bits per heavy atom. The minimum atomic E-state index is 0.457. The predicted molar refractivity (Wildman–Crippen MR) is 147 cm³/mol. The molecular weight excluding hydrogens is 452 g/mol. The van der Waals surface area contributed by atoms with E-state index in [1.807, 2.05) is 36.4 Å². The van der Waals surface area contributed by atoms with Gasteiger partial charge in [-0.3, -0.25) is 0 Å². The van der Waals surface area contributed by atoms with Gasteiger partial charge in [0, 0.05) is 12.7 Å². The third-order valence-electron chi connectivity index (χ3n) is 5.22. The maximum Gasteiger partial charge on any atom is 0.127 e. The van der Waals surface area contributed by atoms with Crippen molar-refractivity contribution in [3.63, 3.8) is 0 Å². The summed E-state index contributed by atoms with van der Waals surface area (Å²) < 4.78 is 27.6. The maximum atomic E-state index is 6.12. The molecule has 0 saturated carbocycles. The van der Waals surface area contributed by atoms with Gasteiger partial charge in [0.05, 0.1) is 46.2 Å². The quantitative estimate of drug-likeness (QED) is 0.170. The fraction of sp³-hybridized carbons (Fsp3) is 0.290. The molecule has 36 heavy (non-hydrogen) atoms. The molecule has 5 heteroatoms. The Labute approximate surface area is 214 Å². The fourth-order valence-electron chi connectivity index (χ4n) is 3.32. The second-order valence-electron chi connectivity index (χ2n) is 7.96. The number of methoxy groups -OCH3 is 1. The van der Waals surface area contributed by atoms with E-state index in [9.17, 15) is 0 Å². The highest BCUT2D eigenvalue weighted by Gasteiger charge is 2.03. The van der Waals surface area contributed by atoms with Crippen LogP contribution in [0.3, 0.4) is 0 Å². The Morgan fingerprint density at radius 2 is 1.00 bits per heavy atom. The van der Waals surface area contributed by atoms with E-state index in [0.717, 1.165) is 28.0 Å². The Balaban J connectivity index is 1.49. The number of rotatable bonds is 17. The average molecular weight is 489 g/mol. The Bertz CT molecular complexity index is 1030. The highest BCUT2D eigenvalue weighted by atomic mass is 16.6. The molecule has 3 rings (SSSR count). The summed E-state index contributed by atoms with van der Waals surface area (Å²) in [6.07, 6.45) is 8.37. The van der Waals surface area contributed by atoms with Crippen LogP contribution in [0.4, 0.5) is 0 Å². The van der Waals surface area contributed by atoms with E-state index in [-0.39, 0.29) is 0 Å². The summed E-state index contributed by atoms with van der Waals surface area (Å²) in [5, 5.41) is 0. The van der Waals surface area contributed by atoms with Crippen LogP contribution >= 0.6 is 0 Å². The van der Waals surface area contributed by atoms with Crippen molar-refractivity contribution < 1.29 is 23.7 Å². The van der Waals surface area contributed by atoms with Gasteiger partial charge in [-0.05, 0) is 22.8 Å². The lowest BCUT2D eigenvalue weighted by molar-refractivity contribution is 0.000157. The molecule has 0 fully saturated rings. The molecule has 0 aliphatic rings. The number of hydrogen-bond acceptors (Lipinski definition) is 5. The van der Waals surface area contributed by atoms with Gasteiger partial charge in [-0.15, -0.1) is 0 Å². The van der Waals surface area contributed by atoms with Gasteiger partial charge in [0.15, 0.2) is 0 Å². The van der Waals surface area contributed by atoms with Crippen molar-refractivity contribution in [1.82, 2.24) is 0 Å². The molecule has 3 aromatic carbocycles. The first kappa shape index (κ1) is 27.4. The summed E-state index contributed by atoms with van der Waals surface area (Å²) in [4.78, 5) is 0. The molecule has 0 bridgehead atoms. The second-order valence-corrected chi connectivity index (χ2v) is 7.96. The molecule has 5 nitrogen and oxygen atoms in total. The normalized spacial score (nSPS) is 11.5. The molecule has 3 aromatic rings. The van der Waals surface area contributed by atoms with Gasteiger partial charge >= 0.3 is 0 Å². The lowest BCUT2D eigenvalue weighted by atomic mass is 10.1. The van der Waals surface area contributed by atoms with Crippen molar-refractivity contribution in [1.29, 1.82) is 0 Å². The standard InChI is InChI=1S/C31H36O5/c1-32-18-19-33-20-21-34-22-23-35-24-25-36-31-26-29(13-12-27-8-4-2-5-9-27)15-17-30(31)16-14-28-10-6-3-7-11-28/h2-17,26H,18-25H2,1H3/b13-12+,16-14+. The molecule has 0 aliphatic carbocycles. The minimum absolute atomic E-state index is 0.457. The monoisotopic (exact) mass is 488 g/mol. The topological polar surface area (TPSA) is 46.2 Å². The Kier molecular flexibility index (Phi) is 13.1. The zero-order valence-electron chi connectivity index (χ0n) is 21.0. The molecule has 0 unspecified atom stereocenters. The van der Waals surface area contributed by atoms with Crippen LogP contribution in [0.2, 0.25) is 0 Å². The van der Waals surface area contributed by atoms with E-state index < -0.39 is 0 Å². The predicted octanol–water partition coefficient (Wildman–Crippen LogP) is 6.10. The lowest BCUT2D eigenvalue weighted by Gasteiger charge is -2.11. The van der Waals surface area contributed by atoms with Gasteiger partial charge in [0.25, 0.3) is 0 Å². The minimum Gasteiger partial charge on any atom is -0.491 e. The van der Waals surface area contributed by atoms with E-state index in [1.165, 1.54) is 0 Å². The largest absolute Gasteiger partial charge is 0.491 e. The van der Waals surface area contributed by atoms with Crippen molar-refractivity contribution >= 4 is 24.3 Å². The first-order chi connectivity index (χ1) is 17.8. The number of hydrogen-bond donors (Lipinski definition) is 0. The first-order valence-corrected chi connectivity index (χ1v) is 12.3. The molecule has 0 aromatic heterocycles. The van der Waals surface area contributed by atoms with E-state index in [2.05, 4.69) is 66.8 Å². The van der Waals surface area contributed by atoms with E-state index in [4.69, 9.17) is 23.7 Å². The van der Waals surface area contributed by atoms with Crippen LogP contribution in [0.15, 0.2) is 78.9 Å². The maximum absolute atomic E-state index is 6.12. The summed E-state index contributed by atoms with van der Waals surface area (Å²) in [7, 11) is 1.66. The van der Waals surface area contributed by atoms with Crippen molar-refractivity contribution in [2.75, 3.05) is 60.0 Å². The molecule has 0 amide bonds. The molecule has 0 atom stereocenters. The number of ether oxygens (including phenoxy) is 5. The molecule has 0 radical (unpaired) electrons. The molecule has 0 spiro atoms. The lowest BCUT2D eigenvalue weighted by Crippen LogP contribution is -2.13. The Hall–Kier alpha value is -3.22. The van der Waals surface area contributed by atoms with Crippen LogP contribution < -0.4 is 4.74 Å². The summed E-state index contributed by atoms with van der Waals surface area (Å²) in [5.41, 5.74) is 4.40. The summed E-state index contributed by atoms with van der Waals surface area (Å²) in [6, 6.07) is 26.7. The van der Waals surface area contributed by atoms with Gasteiger partial charge in [-0.1, -0.05) is 97.1 Å². The molecule has 0 aliphatic heterocycles.